The maximum atomic E-state index is 12.7. The SMILES string of the molecule is COc1cccc(C=CC(=O)Nc2ccc(C(=O)c3nccn3C)cc2)c1OC(F)F. The summed E-state index contributed by atoms with van der Waals surface area (Å²) in [4.78, 5) is 28.7. The third-order valence-corrected chi connectivity index (χ3v) is 4.29. The van der Waals surface area contributed by atoms with Crippen LogP contribution in [-0.4, -0.2) is 35.0 Å². The number of nitrogens with one attached hydrogen (secondary N) is 1. The number of aryl methyl sites for hydroxylation is 1. The number of imidazole rings is 1. The number of ketones is 1. The maximum Gasteiger partial charge on any atom is 0.387 e. The third kappa shape index (κ3) is 5.33. The number of benzene rings is 2. The highest BCUT2D eigenvalue weighted by Gasteiger charge is 2.15. The van der Waals surface area contributed by atoms with Gasteiger partial charge in [-0.2, -0.15) is 8.78 Å². The summed E-state index contributed by atoms with van der Waals surface area (Å²) >= 11 is 0. The Morgan fingerprint density at radius 1 is 1.16 bits per heavy atom. The first-order chi connectivity index (χ1) is 14.9. The van der Waals surface area contributed by atoms with Crippen molar-refractivity contribution in [3.63, 3.8) is 0 Å². The van der Waals surface area contributed by atoms with E-state index < -0.39 is 12.5 Å². The Kier molecular flexibility index (Phi) is 6.76. The van der Waals surface area contributed by atoms with Crippen LogP contribution in [0.3, 0.4) is 0 Å². The zero-order chi connectivity index (χ0) is 22.4. The second-order valence-electron chi connectivity index (χ2n) is 6.35. The van der Waals surface area contributed by atoms with Gasteiger partial charge in [0.15, 0.2) is 17.3 Å². The van der Waals surface area contributed by atoms with Gasteiger partial charge in [0.05, 0.1) is 7.11 Å². The van der Waals surface area contributed by atoms with E-state index in [1.165, 1.54) is 37.6 Å². The van der Waals surface area contributed by atoms with Crippen LogP contribution in [-0.2, 0) is 11.8 Å². The second-order valence-corrected chi connectivity index (χ2v) is 6.35. The topological polar surface area (TPSA) is 82.5 Å². The van der Waals surface area contributed by atoms with Gasteiger partial charge in [-0.25, -0.2) is 4.98 Å². The molecule has 3 rings (SSSR count). The lowest BCUT2D eigenvalue weighted by atomic mass is 10.1. The molecule has 0 aliphatic heterocycles. The number of aromatic nitrogens is 2. The summed E-state index contributed by atoms with van der Waals surface area (Å²) in [6.45, 7) is -3.04. The normalized spacial score (nSPS) is 11.0. The largest absolute Gasteiger partial charge is 0.493 e. The van der Waals surface area contributed by atoms with Gasteiger partial charge in [0, 0.05) is 42.3 Å². The fourth-order valence-electron chi connectivity index (χ4n) is 2.81. The van der Waals surface area contributed by atoms with Gasteiger partial charge in [-0.3, -0.25) is 9.59 Å². The number of nitrogens with zero attached hydrogens (tertiary/aromatic N) is 2. The molecule has 1 aromatic heterocycles. The zero-order valence-electron chi connectivity index (χ0n) is 16.7. The van der Waals surface area contributed by atoms with Crippen LogP contribution in [0.15, 0.2) is 60.9 Å². The molecule has 3 aromatic rings. The van der Waals surface area contributed by atoms with Crippen molar-refractivity contribution in [2.45, 2.75) is 6.61 Å². The van der Waals surface area contributed by atoms with E-state index in [-0.39, 0.29) is 22.8 Å². The number of para-hydroxylation sites is 1. The molecule has 0 unspecified atom stereocenters. The lowest BCUT2D eigenvalue weighted by molar-refractivity contribution is -0.111. The van der Waals surface area contributed by atoms with E-state index in [0.717, 1.165) is 0 Å². The fraction of sp³-hybridized carbons (Fsp3) is 0.136. The molecule has 1 amide bonds. The molecule has 0 aliphatic carbocycles. The minimum absolute atomic E-state index is 0.121. The van der Waals surface area contributed by atoms with Gasteiger partial charge >= 0.3 is 6.61 Å². The Labute approximate surface area is 176 Å². The van der Waals surface area contributed by atoms with Crippen LogP contribution in [0.5, 0.6) is 11.5 Å². The maximum absolute atomic E-state index is 12.7. The molecule has 2 aromatic carbocycles. The summed E-state index contributed by atoms with van der Waals surface area (Å²) in [5, 5.41) is 2.64. The molecule has 0 bridgehead atoms. The van der Waals surface area contributed by atoms with E-state index in [1.54, 1.807) is 48.1 Å². The van der Waals surface area contributed by atoms with Crippen LogP contribution >= 0.6 is 0 Å². The molecule has 0 aliphatic rings. The van der Waals surface area contributed by atoms with Crippen molar-refractivity contribution in [3.05, 3.63) is 77.9 Å². The van der Waals surface area contributed by atoms with E-state index in [2.05, 4.69) is 15.0 Å². The molecule has 1 heterocycles. The van der Waals surface area contributed by atoms with Crippen LogP contribution in [0.1, 0.15) is 21.7 Å². The van der Waals surface area contributed by atoms with Gasteiger partial charge in [0.25, 0.3) is 0 Å². The highest BCUT2D eigenvalue weighted by molar-refractivity contribution is 6.07. The van der Waals surface area contributed by atoms with Gasteiger partial charge in [-0.15, -0.1) is 0 Å². The molecule has 0 atom stereocenters. The van der Waals surface area contributed by atoms with Crippen LogP contribution < -0.4 is 14.8 Å². The molecule has 0 saturated heterocycles. The summed E-state index contributed by atoms with van der Waals surface area (Å²) in [7, 11) is 3.05. The number of halogens is 2. The molecule has 1 N–H and O–H groups in total. The number of methoxy groups -OCH3 is 1. The summed E-state index contributed by atoms with van der Waals surface area (Å²) < 4.78 is 36.5. The molecular formula is C22H19F2N3O4. The van der Waals surface area contributed by atoms with Gasteiger partial charge in [-0.05, 0) is 36.4 Å². The minimum Gasteiger partial charge on any atom is -0.493 e. The molecular weight excluding hydrogens is 408 g/mol. The van der Waals surface area contributed by atoms with Crippen LogP contribution in [0.2, 0.25) is 0 Å². The smallest absolute Gasteiger partial charge is 0.387 e. The zero-order valence-corrected chi connectivity index (χ0v) is 16.7. The number of ether oxygens (including phenoxy) is 2. The highest BCUT2D eigenvalue weighted by Crippen LogP contribution is 2.33. The quantitative estimate of drug-likeness (QED) is 0.435. The number of hydrogen-bond donors (Lipinski definition) is 1. The van der Waals surface area contributed by atoms with Crippen molar-refractivity contribution in [1.82, 2.24) is 9.55 Å². The van der Waals surface area contributed by atoms with E-state index in [4.69, 9.17) is 4.74 Å². The van der Waals surface area contributed by atoms with Crippen molar-refractivity contribution in [1.29, 1.82) is 0 Å². The Morgan fingerprint density at radius 2 is 1.90 bits per heavy atom. The van der Waals surface area contributed by atoms with Gasteiger partial charge in [0.2, 0.25) is 11.7 Å². The average Bonchev–Trinajstić information content (AvgIpc) is 3.18. The van der Waals surface area contributed by atoms with Crippen molar-refractivity contribution < 1.29 is 27.8 Å². The Balaban J connectivity index is 1.69. The van der Waals surface area contributed by atoms with E-state index in [0.29, 0.717) is 17.1 Å². The van der Waals surface area contributed by atoms with Crippen LogP contribution in [0.4, 0.5) is 14.5 Å². The Hall–Kier alpha value is -4.01. The monoisotopic (exact) mass is 427 g/mol. The van der Waals surface area contributed by atoms with Crippen molar-refractivity contribution in [2.75, 3.05) is 12.4 Å². The van der Waals surface area contributed by atoms with Gasteiger partial charge in [0.1, 0.15) is 0 Å². The number of anilines is 1. The summed E-state index contributed by atoms with van der Waals surface area (Å²) in [6, 6.07) is 10.9. The van der Waals surface area contributed by atoms with E-state index >= 15 is 0 Å². The first-order valence-electron chi connectivity index (χ1n) is 9.12. The lowest BCUT2D eigenvalue weighted by Crippen LogP contribution is -2.10. The molecule has 0 fully saturated rings. The Bertz CT molecular complexity index is 1110. The lowest BCUT2D eigenvalue weighted by Gasteiger charge is -2.12. The van der Waals surface area contributed by atoms with Crippen molar-refractivity contribution >= 4 is 23.5 Å². The molecule has 0 radical (unpaired) electrons. The molecule has 31 heavy (non-hydrogen) atoms. The van der Waals surface area contributed by atoms with E-state index in [9.17, 15) is 18.4 Å². The average molecular weight is 427 g/mol. The second kappa shape index (κ2) is 9.66. The van der Waals surface area contributed by atoms with Gasteiger partial charge in [-0.1, -0.05) is 12.1 Å². The van der Waals surface area contributed by atoms with Crippen LogP contribution in [0, 0.1) is 0 Å². The number of hydrogen-bond acceptors (Lipinski definition) is 5. The molecule has 0 spiro atoms. The molecule has 9 heteroatoms. The van der Waals surface area contributed by atoms with Gasteiger partial charge < -0.3 is 19.4 Å². The standard InChI is InChI=1S/C22H19F2N3O4/c1-27-13-12-25-21(27)19(29)14-6-9-16(10-7-14)26-18(28)11-8-15-4-3-5-17(30-2)20(15)31-22(23)24/h3-13,22H,1-2H3,(H,26,28). The highest BCUT2D eigenvalue weighted by atomic mass is 19.3. The van der Waals surface area contributed by atoms with Crippen LogP contribution in [0.25, 0.3) is 6.08 Å². The first kappa shape index (κ1) is 21.7. The first-order valence-corrected chi connectivity index (χ1v) is 9.12. The van der Waals surface area contributed by atoms with E-state index in [1.807, 2.05) is 0 Å². The summed E-state index contributed by atoms with van der Waals surface area (Å²) in [5.41, 5.74) is 1.14. The number of carbonyl (C=O) groups is 2. The number of amides is 1. The fourth-order valence-corrected chi connectivity index (χ4v) is 2.81. The predicted octanol–water partition coefficient (Wildman–Crippen LogP) is 3.91. The number of alkyl halides is 2. The third-order valence-electron chi connectivity index (χ3n) is 4.29. The van der Waals surface area contributed by atoms with Crippen molar-refractivity contribution in [3.8, 4) is 11.5 Å². The van der Waals surface area contributed by atoms with Crippen molar-refractivity contribution in [2.24, 2.45) is 7.05 Å². The Morgan fingerprint density at radius 3 is 2.52 bits per heavy atom. The molecule has 160 valence electrons. The number of carbonyl (C=O) groups excluding carboxylic acids is 2. The molecule has 7 nitrogen and oxygen atoms in total. The minimum atomic E-state index is -3.04. The molecule has 0 saturated carbocycles. The predicted molar refractivity (Wildman–Crippen MR) is 110 cm³/mol. The summed E-state index contributed by atoms with van der Waals surface area (Å²) in [6.07, 6.45) is 5.73. The number of rotatable bonds is 8. The summed E-state index contributed by atoms with van der Waals surface area (Å²) in [5.74, 6) is -0.472.